The Labute approximate surface area is 119 Å². The quantitative estimate of drug-likeness (QED) is 0.880. The Kier molecular flexibility index (Phi) is 4.94. The number of nitrogens with one attached hydrogen (secondary N) is 1. The molecule has 0 aliphatic rings. The second-order valence-corrected chi connectivity index (χ2v) is 3.88. The monoisotopic (exact) mass is 291 g/mol. The number of carbonyl (C=O) groups excluding carboxylic acids is 1. The number of carbonyl (C=O) groups is 1. The largest absolute Gasteiger partial charge is 0.478 e. The van der Waals surface area contributed by atoms with E-state index in [0.717, 1.165) is 12.1 Å². The van der Waals surface area contributed by atoms with E-state index in [2.05, 4.69) is 17.2 Å². The minimum atomic E-state index is -0.789. The van der Waals surface area contributed by atoms with Gasteiger partial charge in [0, 0.05) is 6.07 Å². The molecular weight excluding hydrogens is 280 g/mol. The number of rotatable bonds is 4. The normalized spacial score (nSPS) is 9.62. The predicted molar refractivity (Wildman–Crippen MR) is 70.7 cm³/mol. The van der Waals surface area contributed by atoms with Crippen LogP contribution in [0.15, 0.2) is 41.0 Å². The van der Waals surface area contributed by atoms with Crippen molar-refractivity contribution in [1.82, 2.24) is 5.32 Å². The zero-order chi connectivity index (χ0) is 15.1. The molecule has 0 fully saturated rings. The van der Waals surface area contributed by atoms with Gasteiger partial charge < -0.3 is 14.5 Å². The minimum absolute atomic E-state index is 0.0703. The summed E-state index contributed by atoms with van der Waals surface area (Å²) in [4.78, 5) is 11.4. The van der Waals surface area contributed by atoms with Crippen LogP contribution in [0.5, 0.6) is 5.75 Å². The van der Waals surface area contributed by atoms with Crippen molar-refractivity contribution in [2.45, 2.75) is 0 Å². The van der Waals surface area contributed by atoms with Gasteiger partial charge in [0.05, 0.1) is 12.8 Å². The lowest BCUT2D eigenvalue weighted by atomic mass is 10.3. The second-order valence-electron chi connectivity index (χ2n) is 3.88. The molecule has 0 saturated carbocycles. The summed E-state index contributed by atoms with van der Waals surface area (Å²) in [6.45, 7) is 0.0357. The van der Waals surface area contributed by atoms with Crippen LogP contribution in [0.25, 0.3) is 0 Å². The van der Waals surface area contributed by atoms with Gasteiger partial charge in [0.1, 0.15) is 12.4 Å². The van der Waals surface area contributed by atoms with Crippen molar-refractivity contribution >= 4 is 5.91 Å². The summed E-state index contributed by atoms with van der Waals surface area (Å²) in [5.74, 6) is 3.51. The van der Waals surface area contributed by atoms with Crippen molar-refractivity contribution in [2.24, 2.45) is 0 Å². The molecule has 1 heterocycles. The fourth-order valence-corrected chi connectivity index (χ4v) is 1.44. The van der Waals surface area contributed by atoms with E-state index < -0.39 is 11.6 Å². The molecule has 2 aromatic rings. The van der Waals surface area contributed by atoms with Crippen LogP contribution in [0, 0.1) is 23.5 Å². The molecule has 4 nitrogen and oxygen atoms in total. The van der Waals surface area contributed by atoms with Crippen LogP contribution < -0.4 is 10.1 Å². The van der Waals surface area contributed by atoms with Crippen LogP contribution in [0.3, 0.4) is 0 Å². The van der Waals surface area contributed by atoms with Crippen LogP contribution in [0.4, 0.5) is 8.78 Å². The number of hydrogen-bond acceptors (Lipinski definition) is 3. The fraction of sp³-hybridized carbons (Fsp3) is 0.133. The molecule has 1 aromatic carbocycles. The van der Waals surface area contributed by atoms with E-state index in [1.807, 2.05) is 0 Å². The average molecular weight is 291 g/mol. The lowest BCUT2D eigenvalue weighted by Crippen LogP contribution is -2.23. The summed E-state index contributed by atoms with van der Waals surface area (Å²) >= 11 is 0. The number of furan rings is 1. The molecule has 0 aliphatic carbocycles. The summed E-state index contributed by atoms with van der Waals surface area (Å²) in [7, 11) is 0. The number of amides is 1. The number of halogens is 2. The Bertz CT molecular complexity index is 672. The van der Waals surface area contributed by atoms with Crippen molar-refractivity contribution in [1.29, 1.82) is 0 Å². The Morgan fingerprint density at radius 3 is 2.86 bits per heavy atom. The molecule has 0 radical (unpaired) electrons. The molecular formula is C15H11F2NO3. The van der Waals surface area contributed by atoms with Gasteiger partial charge in [-0.1, -0.05) is 11.8 Å². The van der Waals surface area contributed by atoms with E-state index in [1.165, 1.54) is 18.4 Å². The lowest BCUT2D eigenvalue weighted by Gasteiger charge is -2.02. The highest BCUT2D eigenvalue weighted by Crippen LogP contribution is 2.17. The van der Waals surface area contributed by atoms with E-state index >= 15 is 0 Å². The third-order valence-corrected chi connectivity index (χ3v) is 2.40. The Balaban J connectivity index is 1.73. The first-order valence-electron chi connectivity index (χ1n) is 6.02. The highest BCUT2D eigenvalue weighted by molar-refractivity contribution is 5.91. The van der Waals surface area contributed by atoms with Gasteiger partial charge in [-0.25, -0.2) is 8.78 Å². The van der Waals surface area contributed by atoms with Gasteiger partial charge in [-0.05, 0) is 24.3 Å². The van der Waals surface area contributed by atoms with E-state index in [4.69, 9.17) is 9.15 Å². The minimum Gasteiger partial charge on any atom is -0.478 e. The van der Waals surface area contributed by atoms with Gasteiger partial charge >= 0.3 is 0 Å². The highest BCUT2D eigenvalue weighted by Gasteiger charge is 2.05. The molecule has 6 heteroatoms. The van der Waals surface area contributed by atoms with Crippen LogP contribution in [0.2, 0.25) is 0 Å². The maximum absolute atomic E-state index is 13.2. The van der Waals surface area contributed by atoms with Gasteiger partial charge in [0.15, 0.2) is 17.3 Å². The van der Waals surface area contributed by atoms with Crippen molar-refractivity contribution in [3.63, 3.8) is 0 Å². The van der Waals surface area contributed by atoms with Crippen LogP contribution in [-0.2, 0) is 0 Å². The van der Waals surface area contributed by atoms with Gasteiger partial charge in [-0.3, -0.25) is 4.79 Å². The van der Waals surface area contributed by atoms with Crippen molar-refractivity contribution in [3.8, 4) is 17.6 Å². The number of benzene rings is 1. The average Bonchev–Trinajstić information content (AvgIpc) is 2.98. The number of hydrogen-bond donors (Lipinski definition) is 1. The van der Waals surface area contributed by atoms with Crippen LogP contribution in [0.1, 0.15) is 10.6 Å². The molecule has 21 heavy (non-hydrogen) atoms. The van der Waals surface area contributed by atoms with E-state index in [1.54, 1.807) is 6.07 Å². The second kappa shape index (κ2) is 7.10. The predicted octanol–water partition coefficient (Wildman–Crippen LogP) is 2.37. The van der Waals surface area contributed by atoms with E-state index in [-0.39, 0.29) is 30.6 Å². The highest BCUT2D eigenvalue weighted by atomic mass is 19.1. The Hall–Kier alpha value is -2.81. The summed E-state index contributed by atoms with van der Waals surface area (Å²) < 4.78 is 35.8. The third kappa shape index (κ3) is 4.35. The lowest BCUT2D eigenvalue weighted by molar-refractivity contribution is 0.0931. The molecule has 108 valence electrons. The SMILES string of the molecule is O=C(NCC#CCOc1ccc(F)cc1F)c1ccco1. The van der Waals surface area contributed by atoms with Gasteiger partial charge in [0.25, 0.3) is 5.91 Å². The van der Waals surface area contributed by atoms with E-state index in [9.17, 15) is 13.6 Å². The zero-order valence-corrected chi connectivity index (χ0v) is 10.9. The maximum atomic E-state index is 13.2. The molecule has 0 spiro atoms. The fourth-order valence-electron chi connectivity index (χ4n) is 1.44. The molecule has 1 N–H and O–H groups in total. The molecule has 0 atom stereocenters. The first-order valence-corrected chi connectivity index (χ1v) is 6.02. The summed E-state index contributed by atoms with van der Waals surface area (Å²) in [5.41, 5.74) is 0. The van der Waals surface area contributed by atoms with Gasteiger partial charge in [0.2, 0.25) is 0 Å². The van der Waals surface area contributed by atoms with Crippen molar-refractivity contribution in [3.05, 3.63) is 54.0 Å². The molecule has 0 saturated heterocycles. The Morgan fingerprint density at radius 1 is 1.29 bits per heavy atom. The topological polar surface area (TPSA) is 51.5 Å². The standard InChI is InChI=1S/C15H11F2NO3/c16-11-5-6-13(12(17)10-11)20-8-2-1-7-18-15(19)14-4-3-9-21-14/h3-6,9-10H,7-8H2,(H,18,19). The number of ether oxygens (including phenoxy) is 1. The van der Waals surface area contributed by atoms with E-state index in [0.29, 0.717) is 0 Å². The van der Waals surface area contributed by atoms with Crippen LogP contribution >= 0.6 is 0 Å². The Morgan fingerprint density at radius 2 is 2.14 bits per heavy atom. The smallest absolute Gasteiger partial charge is 0.287 e. The molecule has 0 bridgehead atoms. The summed E-state index contributed by atoms with van der Waals surface area (Å²) in [5, 5.41) is 2.52. The maximum Gasteiger partial charge on any atom is 0.287 e. The first kappa shape index (κ1) is 14.6. The molecule has 1 aromatic heterocycles. The first-order chi connectivity index (χ1) is 10.2. The van der Waals surface area contributed by atoms with Gasteiger partial charge in [-0.15, -0.1) is 0 Å². The third-order valence-electron chi connectivity index (χ3n) is 2.40. The molecule has 0 unspecified atom stereocenters. The van der Waals surface area contributed by atoms with Crippen LogP contribution in [-0.4, -0.2) is 19.1 Å². The van der Waals surface area contributed by atoms with Crippen molar-refractivity contribution in [2.75, 3.05) is 13.2 Å². The van der Waals surface area contributed by atoms with Gasteiger partial charge in [-0.2, -0.15) is 0 Å². The zero-order valence-electron chi connectivity index (χ0n) is 10.9. The molecule has 2 rings (SSSR count). The summed E-state index contributed by atoms with van der Waals surface area (Å²) in [6, 6.07) is 6.14. The van der Waals surface area contributed by atoms with Crippen molar-refractivity contribution < 1.29 is 22.7 Å². The molecule has 1 amide bonds. The summed E-state index contributed by atoms with van der Waals surface area (Å²) in [6.07, 6.45) is 1.39. The molecule has 0 aliphatic heterocycles.